The average Bonchev–Trinajstić information content (AvgIpc) is 3.31. The van der Waals surface area contributed by atoms with E-state index in [1.807, 2.05) is 18.2 Å². The fourth-order valence-electron chi connectivity index (χ4n) is 3.92. The molecule has 5 aromatic rings. The summed E-state index contributed by atoms with van der Waals surface area (Å²) in [6.07, 6.45) is 0. The molecule has 4 aromatic carbocycles. The topological polar surface area (TPSA) is 43.4 Å². The van der Waals surface area contributed by atoms with Gasteiger partial charge in [0.25, 0.3) is 0 Å². The maximum absolute atomic E-state index is 6.28. The Morgan fingerprint density at radius 2 is 1.73 bits per heavy atom. The van der Waals surface area contributed by atoms with Crippen molar-refractivity contribution in [3.8, 4) is 22.1 Å². The van der Waals surface area contributed by atoms with Gasteiger partial charge in [-0.25, -0.2) is 4.98 Å². The Kier molecular flexibility index (Phi) is 7.91. The van der Waals surface area contributed by atoms with Crippen molar-refractivity contribution in [2.24, 2.45) is 0 Å². The lowest BCUT2D eigenvalue weighted by molar-refractivity contribution is 0.282. The molecular formula is C29H23BrCl2N2O2S. The molecule has 0 spiro atoms. The van der Waals surface area contributed by atoms with Crippen LogP contribution in [0, 0.1) is 6.92 Å². The predicted molar refractivity (Wildman–Crippen MR) is 159 cm³/mol. The molecule has 37 heavy (non-hydrogen) atoms. The van der Waals surface area contributed by atoms with Gasteiger partial charge in [-0.15, -0.1) is 11.3 Å². The number of aryl methyl sites for hydroxylation is 1. The summed E-state index contributed by atoms with van der Waals surface area (Å²) in [6.45, 7) is 2.95. The lowest BCUT2D eigenvalue weighted by Crippen LogP contribution is -2.03. The largest absolute Gasteiger partial charge is 0.493 e. The number of thiazole rings is 1. The minimum atomic E-state index is 0.228. The highest BCUT2D eigenvalue weighted by atomic mass is 79.9. The van der Waals surface area contributed by atoms with Gasteiger partial charge in [-0.1, -0.05) is 35.3 Å². The number of halogens is 3. The lowest BCUT2D eigenvalue weighted by atomic mass is 10.1. The highest BCUT2D eigenvalue weighted by Crippen LogP contribution is 2.38. The molecule has 0 atom stereocenters. The van der Waals surface area contributed by atoms with E-state index in [-0.39, 0.29) is 6.61 Å². The summed E-state index contributed by atoms with van der Waals surface area (Å²) in [5.41, 5.74) is 6.18. The molecule has 0 aliphatic heterocycles. The maximum Gasteiger partial charge on any atom is 0.175 e. The Bertz CT molecular complexity index is 1550. The van der Waals surface area contributed by atoms with Gasteiger partial charge in [-0.2, -0.15) is 0 Å². The van der Waals surface area contributed by atoms with Gasteiger partial charge in [0.05, 0.1) is 21.8 Å². The average molecular weight is 614 g/mol. The van der Waals surface area contributed by atoms with Crippen LogP contribution in [0.3, 0.4) is 0 Å². The molecule has 1 N–H and O–H groups in total. The Morgan fingerprint density at radius 3 is 2.46 bits per heavy atom. The first-order valence-corrected chi connectivity index (χ1v) is 13.9. The van der Waals surface area contributed by atoms with Gasteiger partial charge in [0, 0.05) is 33.4 Å². The van der Waals surface area contributed by atoms with Crippen molar-refractivity contribution in [1.29, 1.82) is 0 Å². The molecule has 0 fully saturated rings. The summed E-state index contributed by atoms with van der Waals surface area (Å²) in [5, 5.41) is 5.62. The summed E-state index contributed by atoms with van der Waals surface area (Å²) in [6, 6.07) is 24.1. The molecule has 4 nitrogen and oxygen atoms in total. The van der Waals surface area contributed by atoms with Crippen molar-refractivity contribution >= 4 is 66.4 Å². The number of hydrogen-bond acceptors (Lipinski definition) is 5. The van der Waals surface area contributed by atoms with Gasteiger partial charge in [0.1, 0.15) is 11.6 Å². The summed E-state index contributed by atoms with van der Waals surface area (Å²) >= 11 is 17.9. The van der Waals surface area contributed by atoms with E-state index in [1.54, 1.807) is 30.6 Å². The van der Waals surface area contributed by atoms with Crippen molar-refractivity contribution in [2.45, 2.75) is 20.1 Å². The molecule has 0 amide bonds. The summed E-state index contributed by atoms with van der Waals surface area (Å²) in [4.78, 5) is 4.78. The van der Waals surface area contributed by atoms with Crippen molar-refractivity contribution in [3.63, 3.8) is 0 Å². The van der Waals surface area contributed by atoms with Gasteiger partial charge >= 0.3 is 0 Å². The Balaban J connectivity index is 1.26. The minimum absolute atomic E-state index is 0.228. The van der Waals surface area contributed by atoms with E-state index in [2.05, 4.69) is 70.6 Å². The van der Waals surface area contributed by atoms with Crippen molar-refractivity contribution < 1.29 is 9.47 Å². The van der Waals surface area contributed by atoms with Gasteiger partial charge < -0.3 is 14.8 Å². The second-order valence-corrected chi connectivity index (χ2v) is 11.2. The molecule has 0 saturated carbocycles. The fourth-order valence-corrected chi connectivity index (χ4v) is 6.10. The smallest absolute Gasteiger partial charge is 0.175 e. The van der Waals surface area contributed by atoms with Crippen LogP contribution in [0.1, 0.15) is 16.7 Å². The number of aromatic nitrogens is 1. The number of ether oxygens (including phenoxy) is 2. The second kappa shape index (κ2) is 11.3. The summed E-state index contributed by atoms with van der Waals surface area (Å²) in [7, 11) is 1.62. The zero-order valence-corrected chi connectivity index (χ0v) is 24.1. The number of hydrogen-bond donors (Lipinski definition) is 1. The molecule has 188 valence electrons. The quantitative estimate of drug-likeness (QED) is 0.189. The van der Waals surface area contributed by atoms with Gasteiger partial charge in [0.15, 0.2) is 11.5 Å². The third-order valence-electron chi connectivity index (χ3n) is 5.88. The zero-order valence-electron chi connectivity index (χ0n) is 20.1. The van der Waals surface area contributed by atoms with Crippen LogP contribution in [0.2, 0.25) is 10.0 Å². The first-order valence-electron chi connectivity index (χ1n) is 11.5. The van der Waals surface area contributed by atoms with E-state index in [0.717, 1.165) is 37.4 Å². The highest BCUT2D eigenvalue weighted by Gasteiger charge is 2.14. The van der Waals surface area contributed by atoms with E-state index in [4.69, 9.17) is 37.7 Å². The first kappa shape index (κ1) is 25.9. The number of rotatable bonds is 8. The third-order valence-corrected chi connectivity index (χ3v) is 8.25. The molecule has 8 heteroatoms. The first-order chi connectivity index (χ1) is 17.9. The summed E-state index contributed by atoms with van der Waals surface area (Å²) in [5.74, 6) is 1.22. The number of methoxy groups -OCH3 is 1. The fraction of sp³-hybridized carbons (Fsp3) is 0.138. The molecule has 0 saturated heterocycles. The number of nitrogens with one attached hydrogen (secondary N) is 1. The standard InChI is InChI=1S/C29H23BrCl2N2O2S/c1-17-6-11-25-27(12-17)37-29(34-25)19-7-9-20(10-8-19)33-15-18-13-22(30)28(26(14-18)35-2)36-16-21-23(31)4-3-5-24(21)32/h3-14,33H,15-16H2,1-2H3. The number of benzene rings is 4. The molecule has 0 aliphatic rings. The number of fused-ring (bicyclic) bond motifs is 1. The molecule has 0 bridgehead atoms. The molecule has 1 heterocycles. The monoisotopic (exact) mass is 612 g/mol. The zero-order chi connectivity index (χ0) is 25.9. The second-order valence-electron chi connectivity index (χ2n) is 8.52. The van der Waals surface area contributed by atoms with E-state index in [0.29, 0.717) is 28.1 Å². The molecule has 0 radical (unpaired) electrons. The third kappa shape index (κ3) is 5.88. The molecule has 0 unspecified atom stereocenters. The molecular weight excluding hydrogens is 591 g/mol. The normalized spacial score (nSPS) is 11.1. The van der Waals surface area contributed by atoms with Crippen molar-refractivity contribution in [2.75, 3.05) is 12.4 Å². The number of nitrogens with zero attached hydrogens (tertiary/aromatic N) is 1. The van der Waals surface area contributed by atoms with Gasteiger partial charge in [-0.05, 0) is 94.6 Å². The Labute approximate surface area is 238 Å². The highest BCUT2D eigenvalue weighted by molar-refractivity contribution is 9.10. The predicted octanol–water partition coefficient (Wildman–Crippen LogP) is 9.54. The SMILES string of the molecule is COc1cc(CNc2ccc(-c3nc4ccc(C)cc4s3)cc2)cc(Br)c1OCc1c(Cl)cccc1Cl. The van der Waals surface area contributed by atoms with Crippen LogP contribution < -0.4 is 14.8 Å². The van der Waals surface area contributed by atoms with E-state index < -0.39 is 0 Å². The van der Waals surface area contributed by atoms with Crippen molar-refractivity contribution in [1.82, 2.24) is 4.98 Å². The molecule has 5 rings (SSSR count). The minimum Gasteiger partial charge on any atom is -0.493 e. The van der Waals surface area contributed by atoms with Gasteiger partial charge in [-0.3, -0.25) is 0 Å². The maximum atomic E-state index is 6.28. The van der Waals surface area contributed by atoms with Crippen LogP contribution in [0.15, 0.2) is 77.3 Å². The van der Waals surface area contributed by atoms with Crippen LogP contribution in [-0.2, 0) is 13.2 Å². The summed E-state index contributed by atoms with van der Waals surface area (Å²) < 4.78 is 13.6. The van der Waals surface area contributed by atoms with E-state index in [9.17, 15) is 0 Å². The number of anilines is 1. The van der Waals surface area contributed by atoms with Crippen LogP contribution in [0.5, 0.6) is 11.5 Å². The van der Waals surface area contributed by atoms with Crippen LogP contribution >= 0.6 is 50.5 Å². The van der Waals surface area contributed by atoms with Gasteiger partial charge in [0.2, 0.25) is 0 Å². The van der Waals surface area contributed by atoms with Crippen molar-refractivity contribution in [3.05, 3.63) is 104 Å². The van der Waals surface area contributed by atoms with Crippen LogP contribution in [0.25, 0.3) is 20.8 Å². The molecule has 0 aliphatic carbocycles. The van der Waals surface area contributed by atoms with Crippen LogP contribution in [-0.4, -0.2) is 12.1 Å². The van der Waals surface area contributed by atoms with Crippen LogP contribution in [0.4, 0.5) is 5.69 Å². The lowest BCUT2D eigenvalue weighted by Gasteiger charge is -2.16. The Hall–Kier alpha value is -2.77. The molecule has 1 aromatic heterocycles. The van der Waals surface area contributed by atoms with E-state index >= 15 is 0 Å². The Morgan fingerprint density at radius 1 is 0.973 bits per heavy atom. The van der Waals surface area contributed by atoms with E-state index in [1.165, 1.54) is 10.3 Å².